The second kappa shape index (κ2) is 6.29. The van der Waals surface area contributed by atoms with Gasteiger partial charge in [0, 0.05) is 6.04 Å². The number of aliphatic hydroxyl groups is 1. The number of rotatable bonds is 4. The average Bonchev–Trinajstić information content (AvgIpc) is 2.21. The van der Waals surface area contributed by atoms with Crippen LogP contribution in [0, 0.1) is 0 Å². The Hall–Kier alpha value is -1.34. The van der Waals surface area contributed by atoms with Gasteiger partial charge < -0.3 is 15.5 Å². The maximum absolute atomic E-state index is 11.2. The summed E-state index contributed by atoms with van der Waals surface area (Å²) in [5.41, 5.74) is 1.98. The first-order chi connectivity index (χ1) is 7.58. The van der Waals surface area contributed by atoms with Crippen LogP contribution in [0.25, 0.3) is 0 Å². The van der Waals surface area contributed by atoms with Gasteiger partial charge >= 0.3 is 12.0 Å². The van der Waals surface area contributed by atoms with Gasteiger partial charge in [-0.3, -0.25) is 4.84 Å². The highest BCUT2D eigenvalue weighted by Gasteiger charge is 2.20. The molecule has 0 heterocycles. The fourth-order valence-electron chi connectivity index (χ4n) is 1.60. The van der Waals surface area contributed by atoms with E-state index in [0.29, 0.717) is 25.7 Å². The summed E-state index contributed by atoms with van der Waals surface area (Å²) in [7, 11) is 0. The van der Waals surface area contributed by atoms with Crippen molar-refractivity contribution in [3.05, 3.63) is 0 Å². The van der Waals surface area contributed by atoms with Crippen LogP contribution in [-0.2, 0) is 9.63 Å². The number of carboxylic acids is 1. The third-order valence-corrected chi connectivity index (χ3v) is 2.39. The van der Waals surface area contributed by atoms with E-state index in [1.165, 1.54) is 0 Å². The zero-order valence-electron chi connectivity index (χ0n) is 8.81. The Bertz CT molecular complexity index is 250. The number of urea groups is 1. The molecule has 7 heteroatoms. The van der Waals surface area contributed by atoms with Gasteiger partial charge in [-0.05, 0) is 25.7 Å². The second-order valence-corrected chi connectivity index (χ2v) is 3.76. The van der Waals surface area contributed by atoms with Gasteiger partial charge in [-0.25, -0.2) is 15.1 Å². The lowest BCUT2D eigenvalue weighted by molar-refractivity contribution is -0.144. The standard InChI is InChI=1S/C9H16N2O5/c12-7-3-1-6(2-4-7)10-9(15)11-16-5-8(13)14/h6-7,12H,1-5H2,(H,13,14)(H2,10,11,15). The minimum atomic E-state index is -1.15. The molecule has 0 saturated heterocycles. The van der Waals surface area contributed by atoms with Crippen molar-refractivity contribution in [3.8, 4) is 0 Å². The van der Waals surface area contributed by atoms with Crippen molar-refractivity contribution in [3.63, 3.8) is 0 Å². The zero-order chi connectivity index (χ0) is 12.0. The lowest BCUT2D eigenvalue weighted by atomic mass is 9.93. The van der Waals surface area contributed by atoms with Crippen molar-refractivity contribution in [1.29, 1.82) is 0 Å². The quantitative estimate of drug-likeness (QED) is 0.493. The van der Waals surface area contributed by atoms with E-state index in [1.807, 2.05) is 5.48 Å². The molecule has 1 rings (SSSR count). The van der Waals surface area contributed by atoms with E-state index < -0.39 is 18.6 Å². The van der Waals surface area contributed by atoms with Gasteiger partial charge in [0.05, 0.1) is 6.10 Å². The maximum atomic E-state index is 11.2. The minimum absolute atomic E-state index is 0.0110. The summed E-state index contributed by atoms with van der Waals surface area (Å²) in [6.45, 7) is -0.573. The summed E-state index contributed by atoms with van der Waals surface area (Å²) in [6.07, 6.45) is 2.49. The molecule has 1 aliphatic rings. The Labute approximate surface area is 92.7 Å². The molecule has 92 valence electrons. The van der Waals surface area contributed by atoms with Gasteiger partial charge in [0.1, 0.15) is 0 Å². The maximum Gasteiger partial charge on any atom is 0.338 e. The summed E-state index contributed by atoms with van der Waals surface area (Å²) in [5.74, 6) is -1.15. The minimum Gasteiger partial charge on any atom is -0.479 e. The average molecular weight is 232 g/mol. The van der Waals surface area contributed by atoms with Crippen LogP contribution in [0.5, 0.6) is 0 Å². The second-order valence-electron chi connectivity index (χ2n) is 3.76. The molecule has 0 spiro atoms. The highest BCUT2D eigenvalue weighted by molar-refractivity contribution is 5.73. The number of nitrogens with one attached hydrogen (secondary N) is 2. The normalized spacial score (nSPS) is 24.8. The fourth-order valence-corrected chi connectivity index (χ4v) is 1.60. The summed E-state index contributed by atoms with van der Waals surface area (Å²) < 4.78 is 0. The van der Waals surface area contributed by atoms with Gasteiger partial charge in [-0.1, -0.05) is 0 Å². The molecule has 0 radical (unpaired) electrons. The molecule has 7 nitrogen and oxygen atoms in total. The number of amides is 2. The molecule has 0 aliphatic heterocycles. The van der Waals surface area contributed by atoms with Gasteiger partial charge in [0.2, 0.25) is 0 Å². The molecule has 1 aliphatic carbocycles. The van der Waals surface area contributed by atoms with E-state index >= 15 is 0 Å². The van der Waals surface area contributed by atoms with E-state index in [1.54, 1.807) is 0 Å². The van der Waals surface area contributed by atoms with Crippen LogP contribution in [0.3, 0.4) is 0 Å². The van der Waals surface area contributed by atoms with Crippen LogP contribution in [-0.4, -0.2) is 41.0 Å². The summed E-state index contributed by atoms with van der Waals surface area (Å²) in [4.78, 5) is 25.7. The van der Waals surface area contributed by atoms with Crippen molar-refractivity contribution < 1.29 is 24.6 Å². The Kier molecular flexibility index (Phi) is 5.00. The van der Waals surface area contributed by atoms with E-state index in [2.05, 4.69) is 10.2 Å². The van der Waals surface area contributed by atoms with Crippen LogP contribution in [0.1, 0.15) is 25.7 Å². The first kappa shape index (κ1) is 12.7. The highest BCUT2D eigenvalue weighted by atomic mass is 16.7. The first-order valence-electron chi connectivity index (χ1n) is 5.16. The third-order valence-electron chi connectivity index (χ3n) is 2.39. The van der Waals surface area contributed by atoms with Crippen molar-refractivity contribution in [2.24, 2.45) is 0 Å². The summed E-state index contributed by atoms with van der Waals surface area (Å²) in [5, 5.41) is 20.1. The molecule has 2 amide bonds. The molecule has 0 unspecified atom stereocenters. The van der Waals surface area contributed by atoms with Crippen LogP contribution in [0.2, 0.25) is 0 Å². The summed E-state index contributed by atoms with van der Waals surface area (Å²) in [6, 6.07) is -0.542. The Morgan fingerprint density at radius 1 is 1.25 bits per heavy atom. The van der Waals surface area contributed by atoms with Crippen LogP contribution < -0.4 is 10.8 Å². The SMILES string of the molecule is O=C(O)CONC(=O)NC1CCC(O)CC1. The number of aliphatic carboxylic acids is 1. The number of aliphatic hydroxyl groups excluding tert-OH is 1. The topological polar surface area (TPSA) is 108 Å². The molecule has 0 aromatic carbocycles. The van der Waals surface area contributed by atoms with Crippen LogP contribution in [0.15, 0.2) is 0 Å². The Balaban J connectivity index is 2.11. The molecular weight excluding hydrogens is 216 g/mol. The molecule has 0 aromatic rings. The number of carbonyl (C=O) groups excluding carboxylic acids is 1. The lowest BCUT2D eigenvalue weighted by Gasteiger charge is -2.25. The van der Waals surface area contributed by atoms with Gasteiger partial charge in [-0.15, -0.1) is 0 Å². The monoisotopic (exact) mass is 232 g/mol. The fraction of sp³-hybridized carbons (Fsp3) is 0.778. The molecule has 1 fully saturated rings. The van der Waals surface area contributed by atoms with E-state index in [9.17, 15) is 14.7 Å². The zero-order valence-corrected chi connectivity index (χ0v) is 8.81. The van der Waals surface area contributed by atoms with E-state index in [4.69, 9.17) is 5.11 Å². The number of hydrogen-bond acceptors (Lipinski definition) is 4. The molecule has 4 N–H and O–H groups in total. The van der Waals surface area contributed by atoms with Crippen molar-refractivity contribution >= 4 is 12.0 Å². The number of hydroxylamine groups is 1. The van der Waals surface area contributed by atoms with E-state index in [0.717, 1.165) is 0 Å². The van der Waals surface area contributed by atoms with E-state index in [-0.39, 0.29) is 12.1 Å². The van der Waals surface area contributed by atoms with Gasteiger partial charge in [-0.2, -0.15) is 0 Å². The molecule has 16 heavy (non-hydrogen) atoms. The van der Waals surface area contributed by atoms with Crippen molar-refractivity contribution in [1.82, 2.24) is 10.8 Å². The smallest absolute Gasteiger partial charge is 0.338 e. The third kappa shape index (κ3) is 4.94. The van der Waals surface area contributed by atoms with Crippen LogP contribution in [0.4, 0.5) is 4.79 Å². The first-order valence-corrected chi connectivity index (χ1v) is 5.16. The van der Waals surface area contributed by atoms with Gasteiger partial charge in [0.25, 0.3) is 0 Å². The number of carboxylic acid groups (broad SMARTS) is 1. The lowest BCUT2D eigenvalue weighted by Crippen LogP contribution is -2.44. The summed E-state index contributed by atoms with van der Waals surface area (Å²) >= 11 is 0. The predicted molar refractivity (Wildman–Crippen MR) is 53.5 cm³/mol. The number of hydrogen-bond donors (Lipinski definition) is 4. The Morgan fingerprint density at radius 3 is 2.44 bits per heavy atom. The van der Waals surface area contributed by atoms with Gasteiger partial charge in [0.15, 0.2) is 6.61 Å². The molecule has 0 aromatic heterocycles. The molecular formula is C9H16N2O5. The Morgan fingerprint density at radius 2 is 1.88 bits per heavy atom. The number of carbonyl (C=O) groups is 2. The largest absolute Gasteiger partial charge is 0.479 e. The molecule has 1 saturated carbocycles. The van der Waals surface area contributed by atoms with Crippen LogP contribution >= 0.6 is 0 Å². The highest BCUT2D eigenvalue weighted by Crippen LogP contribution is 2.17. The molecule has 0 atom stereocenters. The molecule has 0 bridgehead atoms. The van der Waals surface area contributed by atoms with Crippen molar-refractivity contribution in [2.75, 3.05) is 6.61 Å². The van der Waals surface area contributed by atoms with Crippen molar-refractivity contribution in [2.45, 2.75) is 37.8 Å². The predicted octanol–water partition coefficient (Wildman–Crippen LogP) is -0.395.